The minimum atomic E-state index is -0.588. The van der Waals surface area contributed by atoms with E-state index in [1.807, 2.05) is 0 Å². The quantitative estimate of drug-likeness (QED) is 0.601. The van der Waals surface area contributed by atoms with Crippen LogP contribution in [0.3, 0.4) is 0 Å². The molecule has 26 heavy (non-hydrogen) atoms. The van der Waals surface area contributed by atoms with Crippen LogP contribution in [0.1, 0.15) is 28.8 Å². The molecule has 0 bridgehead atoms. The van der Waals surface area contributed by atoms with Gasteiger partial charge >= 0.3 is 6.03 Å². The molecule has 0 heterocycles. The Morgan fingerprint density at radius 2 is 1.65 bits per heavy atom. The van der Waals surface area contributed by atoms with E-state index >= 15 is 0 Å². The van der Waals surface area contributed by atoms with Crippen LogP contribution in [-0.2, 0) is 6.54 Å². The predicted molar refractivity (Wildman–Crippen MR) is 96.3 cm³/mol. The number of ether oxygens (including phenoxy) is 1. The first-order chi connectivity index (χ1) is 12.5. The standard InChI is InChI=1S/C19H22FN3O3/c20-16-7-9-17(10-8-16)26-12-2-1-11-22-18(24)15-5-3-14(4-6-15)13-23-19(21)25/h3-10H,1-2,11-13H2,(H,22,24)(H3,21,23,25). The van der Waals surface area contributed by atoms with Gasteiger partial charge in [0, 0.05) is 18.7 Å². The van der Waals surface area contributed by atoms with Gasteiger partial charge < -0.3 is 21.1 Å². The van der Waals surface area contributed by atoms with Crippen LogP contribution in [-0.4, -0.2) is 25.1 Å². The zero-order valence-corrected chi connectivity index (χ0v) is 14.3. The normalized spacial score (nSPS) is 10.2. The molecule has 0 aliphatic carbocycles. The van der Waals surface area contributed by atoms with E-state index in [0.717, 1.165) is 18.4 Å². The third-order valence-corrected chi connectivity index (χ3v) is 3.62. The number of carbonyl (C=O) groups excluding carboxylic acids is 2. The number of urea groups is 1. The van der Waals surface area contributed by atoms with E-state index in [0.29, 0.717) is 31.0 Å². The average Bonchev–Trinajstić information content (AvgIpc) is 2.64. The van der Waals surface area contributed by atoms with Gasteiger partial charge in [-0.15, -0.1) is 0 Å². The summed E-state index contributed by atoms with van der Waals surface area (Å²) in [6, 6.07) is 12.2. The lowest BCUT2D eigenvalue weighted by molar-refractivity contribution is 0.0952. The molecule has 0 spiro atoms. The summed E-state index contributed by atoms with van der Waals surface area (Å²) in [5.74, 6) is 0.178. The SMILES string of the molecule is NC(=O)NCc1ccc(C(=O)NCCCCOc2ccc(F)cc2)cc1. The van der Waals surface area contributed by atoms with Gasteiger partial charge in [-0.25, -0.2) is 9.18 Å². The van der Waals surface area contributed by atoms with Crippen molar-refractivity contribution in [3.05, 3.63) is 65.5 Å². The Morgan fingerprint density at radius 1 is 0.962 bits per heavy atom. The Bertz CT molecular complexity index is 718. The van der Waals surface area contributed by atoms with Crippen LogP contribution in [0.2, 0.25) is 0 Å². The number of nitrogens with one attached hydrogen (secondary N) is 2. The Labute approximate surface area is 151 Å². The van der Waals surface area contributed by atoms with Gasteiger partial charge in [-0.05, 0) is 54.8 Å². The summed E-state index contributed by atoms with van der Waals surface area (Å²) in [6.45, 7) is 1.37. The molecule has 2 rings (SSSR count). The smallest absolute Gasteiger partial charge is 0.312 e. The van der Waals surface area contributed by atoms with Crippen molar-refractivity contribution < 1.29 is 18.7 Å². The maximum Gasteiger partial charge on any atom is 0.312 e. The van der Waals surface area contributed by atoms with Gasteiger partial charge in [-0.1, -0.05) is 12.1 Å². The highest BCUT2D eigenvalue weighted by atomic mass is 19.1. The summed E-state index contributed by atoms with van der Waals surface area (Å²) < 4.78 is 18.3. The molecule has 0 unspecified atom stereocenters. The molecule has 0 aliphatic rings. The summed E-state index contributed by atoms with van der Waals surface area (Å²) in [5, 5.41) is 5.33. The van der Waals surface area contributed by atoms with E-state index in [-0.39, 0.29) is 11.7 Å². The van der Waals surface area contributed by atoms with Crippen molar-refractivity contribution in [1.29, 1.82) is 0 Å². The Hall–Kier alpha value is -3.09. The second-order valence-corrected chi connectivity index (χ2v) is 5.68. The van der Waals surface area contributed by atoms with E-state index in [9.17, 15) is 14.0 Å². The van der Waals surface area contributed by atoms with Crippen LogP contribution in [0.5, 0.6) is 5.75 Å². The molecule has 0 saturated heterocycles. The number of unbranched alkanes of at least 4 members (excludes halogenated alkanes) is 1. The molecule has 0 aromatic heterocycles. The van der Waals surface area contributed by atoms with E-state index in [4.69, 9.17) is 10.5 Å². The van der Waals surface area contributed by atoms with E-state index < -0.39 is 6.03 Å². The van der Waals surface area contributed by atoms with Crippen molar-refractivity contribution in [3.8, 4) is 5.75 Å². The molecule has 3 amide bonds. The monoisotopic (exact) mass is 359 g/mol. The Kier molecular flexibility index (Phi) is 7.42. The van der Waals surface area contributed by atoms with Crippen LogP contribution in [0.15, 0.2) is 48.5 Å². The van der Waals surface area contributed by atoms with E-state index in [2.05, 4.69) is 10.6 Å². The molecule has 6 nitrogen and oxygen atoms in total. The second-order valence-electron chi connectivity index (χ2n) is 5.68. The number of hydrogen-bond acceptors (Lipinski definition) is 3. The van der Waals surface area contributed by atoms with Crippen molar-refractivity contribution in [2.45, 2.75) is 19.4 Å². The molecule has 0 radical (unpaired) electrons. The molecule has 0 fully saturated rings. The molecule has 2 aromatic rings. The van der Waals surface area contributed by atoms with Gasteiger partial charge in [0.05, 0.1) is 6.61 Å². The first-order valence-corrected chi connectivity index (χ1v) is 8.33. The Morgan fingerprint density at radius 3 is 2.31 bits per heavy atom. The predicted octanol–water partition coefficient (Wildman–Crippen LogP) is 2.58. The molecule has 0 aliphatic heterocycles. The van der Waals surface area contributed by atoms with Gasteiger partial charge in [0.1, 0.15) is 11.6 Å². The van der Waals surface area contributed by atoms with E-state index in [1.165, 1.54) is 12.1 Å². The first-order valence-electron chi connectivity index (χ1n) is 8.33. The minimum absolute atomic E-state index is 0.154. The summed E-state index contributed by atoms with van der Waals surface area (Å²) in [7, 11) is 0. The van der Waals surface area contributed by atoms with Crippen LogP contribution in [0, 0.1) is 5.82 Å². The lowest BCUT2D eigenvalue weighted by Crippen LogP contribution is -2.28. The fraction of sp³-hybridized carbons (Fsp3) is 0.263. The van der Waals surface area contributed by atoms with Crippen molar-refractivity contribution in [2.24, 2.45) is 5.73 Å². The molecular formula is C19H22FN3O3. The molecule has 0 atom stereocenters. The highest BCUT2D eigenvalue weighted by Crippen LogP contribution is 2.11. The fourth-order valence-electron chi connectivity index (χ4n) is 2.22. The number of benzene rings is 2. The molecule has 2 aromatic carbocycles. The van der Waals surface area contributed by atoms with Gasteiger partial charge in [-0.2, -0.15) is 0 Å². The Balaban J connectivity index is 1.62. The molecule has 4 N–H and O–H groups in total. The van der Waals surface area contributed by atoms with Crippen LogP contribution in [0.25, 0.3) is 0 Å². The molecule has 0 saturated carbocycles. The molecule has 7 heteroatoms. The van der Waals surface area contributed by atoms with Crippen molar-refractivity contribution >= 4 is 11.9 Å². The van der Waals surface area contributed by atoms with Crippen molar-refractivity contribution in [3.63, 3.8) is 0 Å². The van der Waals surface area contributed by atoms with Crippen molar-refractivity contribution in [1.82, 2.24) is 10.6 Å². The maximum atomic E-state index is 12.8. The van der Waals surface area contributed by atoms with E-state index in [1.54, 1.807) is 36.4 Å². The zero-order chi connectivity index (χ0) is 18.8. The summed E-state index contributed by atoms with van der Waals surface area (Å²) in [5.41, 5.74) is 6.42. The van der Waals surface area contributed by atoms with Gasteiger partial charge in [0.2, 0.25) is 0 Å². The zero-order valence-electron chi connectivity index (χ0n) is 14.3. The summed E-state index contributed by atoms with van der Waals surface area (Å²) in [4.78, 5) is 22.7. The maximum absolute atomic E-state index is 12.8. The summed E-state index contributed by atoms with van der Waals surface area (Å²) >= 11 is 0. The summed E-state index contributed by atoms with van der Waals surface area (Å²) in [6.07, 6.45) is 1.54. The molecule has 138 valence electrons. The topological polar surface area (TPSA) is 93.5 Å². The number of rotatable bonds is 9. The van der Waals surface area contributed by atoms with Crippen LogP contribution < -0.4 is 21.1 Å². The lowest BCUT2D eigenvalue weighted by atomic mass is 10.1. The minimum Gasteiger partial charge on any atom is -0.494 e. The molecular weight excluding hydrogens is 337 g/mol. The number of hydrogen-bond donors (Lipinski definition) is 3. The van der Waals surface area contributed by atoms with Crippen molar-refractivity contribution in [2.75, 3.05) is 13.2 Å². The largest absolute Gasteiger partial charge is 0.494 e. The van der Waals surface area contributed by atoms with Crippen LogP contribution in [0.4, 0.5) is 9.18 Å². The average molecular weight is 359 g/mol. The third-order valence-electron chi connectivity index (χ3n) is 3.62. The van der Waals surface area contributed by atoms with Gasteiger partial charge in [0.15, 0.2) is 0 Å². The third kappa shape index (κ3) is 6.80. The highest BCUT2D eigenvalue weighted by molar-refractivity contribution is 5.94. The first kappa shape index (κ1) is 19.2. The lowest BCUT2D eigenvalue weighted by Gasteiger charge is -2.08. The van der Waals surface area contributed by atoms with Gasteiger partial charge in [-0.3, -0.25) is 4.79 Å². The number of halogens is 1. The number of primary amides is 1. The highest BCUT2D eigenvalue weighted by Gasteiger charge is 2.05. The number of amides is 3. The van der Waals surface area contributed by atoms with Crippen LogP contribution >= 0.6 is 0 Å². The second kappa shape index (κ2) is 10.0. The van der Waals surface area contributed by atoms with Gasteiger partial charge in [0.25, 0.3) is 5.91 Å². The number of nitrogens with two attached hydrogens (primary N) is 1. The fourth-order valence-corrected chi connectivity index (χ4v) is 2.22. The number of carbonyl (C=O) groups is 2.